The monoisotopic (exact) mass is 733 g/mol. The van der Waals surface area contributed by atoms with E-state index in [9.17, 15) is 0 Å². The van der Waals surface area contributed by atoms with Gasteiger partial charge in [-0.1, -0.05) is 114 Å². The van der Waals surface area contributed by atoms with Crippen LogP contribution < -0.4 is 30.4 Å². The first-order chi connectivity index (χ1) is 26.1. The summed E-state index contributed by atoms with van der Waals surface area (Å²) in [5, 5.41) is 4.00. The highest BCUT2D eigenvalue weighted by atomic mass is 32.1. The van der Waals surface area contributed by atoms with Gasteiger partial charge in [-0.2, -0.15) is 0 Å². The van der Waals surface area contributed by atoms with Gasteiger partial charge in [0.1, 0.15) is 0 Å². The highest BCUT2D eigenvalue weighted by molar-refractivity contribution is 7.35. The van der Waals surface area contributed by atoms with Crippen molar-refractivity contribution in [1.82, 2.24) is 0 Å². The van der Waals surface area contributed by atoms with E-state index in [1.54, 1.807) is 0 Å². The van der Waals surface area contributed by atoms with Gasteiger partial charge in [0.2, 0.25) is 0 Å². The predicted octanol–water partition coefficient (Wildman–Crippen LogP) is 12.6. The summed E-state index contributed by atoms with van der Waals surface area (Å²) in [5.74, 6) is 0. The molecule has 6 aromatic carbocycles. The molecule has 0 amide bonds. The Kier molecular flexibility index (Phi) is 6.63. The van der Waals surface area contributed by atoms with Crippen molar-refractivity contribution in [2.45, 2.75) is 52.4 Å². The average Bonchev–Trinajstić information content (AvgIpc) is 3.75. The predicted molar refractivity (Wildman–Crippen MR) is 237 cm³/mol. The zero-order valence-electron chi connectivity index (χ0n) is 31.4. The molecule has 0 unspecified atom stereocenters. The second-order valence-corrected chi connectivity index (χ2v) is 19.1. The van der Waals surface area contributed by atoms with E-state index in [1.807, 2.05) is 22.7 Å². The van der Waals surface area contributed by atoms with Crippen LogP contribution in [0.2, 0.25) is 0 Å². The van der Waals surface area contributed by atoms with E-state index in [2.05, 4.69) is 190 Å². The van der Waals surface area contributed by atoms with Gasteiger partial charge in [-0.05, 0) is 98.9 Å². The maximum absolute atomic E-state index is 2.63. The third-order valence-electron chi connectivity index (χ3n) is 11.7. The van der Waals surface area contributed by atoms with Gasteiger partial charge in [0.05, 0.1) is 33.4 Å². The summed E-state index contributed by atoms with van der Waals surface area (Å²) >= 11 is 3.91. The van der Waals surface area contributed by atoms with E-state index in [-0.39, 0.29) is 17.5 Å². The molecule has 0 atom stereocenters. The van der Waals surface area contributed by atoms with Crippen LogP contribution in [0.3, 0.4) is 0 Å². The van der Waals surface area contributed by atoms with Crippen LogP contribution in [0.15, 0.2) is 133 Å². The molecular weight excluding hydrogens is 693 g/mol. The molecule has 0 fully saturated rings. The number of benzene rings is 6. The minimum Gasteiger partial charge on any atom is -0.310 e. The van der Waals surface area contributed by atoms with E-state index in [1.165, 1.54) is 97.5 Å². The SMILES string of the molecule is CC(C)(C)c1ccc(N2c3ccc4c5c3B(c3sc6ccccc6c32)c2c(sc3ccccc23)N5c2ccc(C(C)(C)C)cc2N4c2ccccc2)cc1. The number of hydrogen-bond donors (Lipinski definition) is 0. The molecule has 0 saturated heterocycles. The molecule has 0 aliphatic carbocycles. The van der Waals surface area contributed by atoms with Crippen LogP contribution in [0.4, 0.5) is 50.5 Å². The first-order valence-corrected chi connectivity index (χ1v) is 20.6. The fourth-order valence-electron chi connectivity index (χ4n) is 9.04. The fraction of sp³-hybridized carbons (Fsp3) is 0.167. The Morgan fingerprint density at radius 3 is 1.76 bits per heavy atom. The molecule has 3 nitrogen and oxygen atoms in total. The highest BCUT2D eigenvalue weighted by Crippen LogP contribution is 2.59. The quantitative estimate of drug-likeness (QED) is 0.164. The summed E-state index contributed by atoms with van der Waals surface area (Å²) in [4.78, 5) is 7.73. The van der Waals surface area contributed by atoms with Gasteiger partial charge in [-0.15, -0.1) is 22.7 Å². The Morgan fingerprint density at radius 1 is 0.444 bits per heavy atom. The summed E-state index contributed by atoms with van der Waals surface area (Å²) in [6.45, 7) is 13.9. The van der Waals surface area contributed by atoms with Crippen molar-refractivity contribution in [2.75, 3.05) is 14.7 Å². The standard InChI is InChI=1S/C48H40BN3S2/c1-47(2,3)29-20-23-32(24-21-29)51-36-26-27-37-44-42(36)49(45-43(51)34-17-11-13-19-40(34)53-45)41-33-16-10-12-18-39(33)54-46(41)52(44)35-25-22-30(48(4,5)6)28-38(35)50(37)31-14-8-7-9-15-31/h7-28H,1-6H3. The Balaban J connectivity index is 1.28. The lowest BCUT2D eigenvalue weighted by atomic mass is 9.36. The maximum atomic E-state index is 2.63. The first-order valence-electron chi connectivity index (χ1n) is 19.0. The lowest BCUT2D eigenvalue weighted by Gasteiger charge is -2.47. The van der Waals surface area contributed by atoms with Crippen molar-refractivity contribution in [3.63, 3.8) is 0 Å². The van der Waals surface area contributed by atoms with Gasteiger partial charge in [-0.3, -0.25) is 4.90 Å². The molecule has 5 heterocycles. The number of hydrogen-bond acceptors (Lipinski definition) is 5. The van der Waals surface area contributed by atoms with Crippen LogP contribution in [0.5, 0.6) is 0 Å². The largest absolute Gasteiger partial charge is 0.310 e. The van der Waals surface area contributed by atoms with Gasteiger partial charge < -0.3 is 9.80 Å². The lowest BCUT2D eigenvalue weighted by Crippen LogP contribution is -2.60. The molecule has 0 radical (unpaired) electrons. The summed E-state index contributed by atoms with van der Waals surface area (Å²) in [7, 11) is 0. The molecule has 2 aromatic heterocycles. The summed E-state index contributed by atoms with van der Waals surface area (Å²) in [6.07, 6.45) is 0. The van der Waals surface area contributed by atoms with Crippen molar-refractivity contribution in [2.24, 2.45) is 0 Å². The maximum Gasteiger partial charge on any atom is 0.266 e. The molecule has 8 aromatic rings. The smallest absolute Gasteiger partial charge is 0.266 e. The molecule has 54 heavy (non-hydrogen) atoms. The molecule has 11 rings (SSSR count). The van der Waals surface area contributed by atoms with Gasteiger partial charge >= 0.3 is 0 Å². The summed E-state index contributed by atoms with van der Waals surface area (Å²) in [6, 6.07) is 50.4. The van der Waals surface area contributed by atoms with Crippen LogP contribution in [0.25, 0.3) is 20.2 Å². The minimum absolute atomic E-state index is 0.00387. The zero-order valence-corrected chi connectivity index (χ0v) is 33.1. The van der Waals surface area contributed by atoms with Crippen molar-refractivity contribution >= 4 is 116 Å². The van der Waals surface area contributed by atoms with Crippen LogP contribution in [-0.2, 0) is 10.8 Å². The number of nitrogens with zero attached hydrogens (tertiary/aromatic N) is 3. The Hall–Kier alpha value is -5.30. The van der Waals surface area contributed by atoms with Gasteiger partial charge in [0.15, 0.2) is 0 Å². The highest BCUT2D eigenvalue weighted by Gasteiger charge is 2.50. The van der Waals surface area contributed by atoms with Crippen molar-refractivity contribution in [3.05, 3.63) is 145 Å². The number of rotatable bonds is 2. The number of anilines is 9. The number of thiophene rings is 2. The van der Waals surface area contributed by atoms with Gasteiger partial charge in [-0.25, -0.2) is 0 Å². The van der Waals surface area contributed by atoms with Crippen LogP contribution in [0.1, 0.15) is 52.7 Å². The molecule has 0 N–H and O–H groups in total. The minimum atomic E-state index is 0.00387. The summed E-state index contributed by atoms with van der Waals surface area (Å²) in [5.41, 5.74) is 15.4. The third-order valence-corrected chi connectivity index (χ3v) is 14.1. The number of para-hydroxylation sites is 1. The fourth-order valence-corrected chi connectivity index (χ4v) is 11.6. The average molecular weight is 734 g/mol. The summed E-state index contributed by atoms with van der Waals surface area (Å²) < 4.78 is 4.08. The molecule has 262 valence electrons. The van der Waals surface area contributed by atoms with E-state index in [0.29, 0.717) is 0 Å². The molecule has 0 bridgehead atoms. The van der Waals surface area contributed by atoms with Crippen LogP contribution in [-0.4, -0.2) is 6.71 Å². The molecule has 0 saturated carbocycles. The van der Waals surface area contributed by atoms with E-state index in [4.69, 9.17) is 0 Å². The van der Waals surface area contributed by atoms with Crippen LogP contribution >= 0.6 is 22.7 Å². The Morgan fingerprint density at radius 2 is 1.04 bits per heavy atom. The van der Waals surface area contributed by atoms with E-state index >= 15 is 0 Å². The normalized spacial score (nSPS) is 14.3. The second-order valence-electron chi connectivity index (χ2n) is 17.0. The molecule has 0 spiro atoms. The second kappa shape index (κ2) is 11.1. The zero-order chi connectivity index (χ0) is 36.7. The van der Waals surface area contributed by atoms with Crippen molar-refractivity contribution in [3.8, 4) is 0 Å². The van der Waals surface area contributed by atoms with E-state index < -0.39 is 0 Å². The Bertz CT molecular complexity index is 2820. The topological polar surface area (TPSA) is 9.72 Å². The lowest BCUT2D eigenvalue weighted by molar-refractivity contribution is 0.590. The molecule has 3 aliphatic heterocycles. The van der Waals surface area contributed by atoms with Gasteiger partial charge in [0.25, 0.3) is 6.71 Å². The first kappa shape index (κ1) is 32.2. The van der Waals surface area contributed by atoms with Gasteiger partial charge in [0, 0.05) is 36.6 Å². The van der Waals surface area contributed by atoms with Crippen molar-refractivity contribution < 1.29 is 0 Å². The van der Waals surface area contributed by atoms with E-state index in [0.717, 1.165) is 0 Å². The number of fused-ring (bicyclic) bond motifs is 11. The molecular formula is C48H40BN3S2. The third kappa shape index (κ3) is 4.41. The van der Waals surface area contributed by atoms with Crippen LogP contribution in [0, 0.1) is 0 Å². The Labute approximate surface area is 325 Å². The van der Waals surface area contributed by atoms with Crippen molar-refractivity contribution in [1.29, 1.82) is 0 Å². The molecule has 3 aliphatic rings. The molecule has 6 heteroatoms.